The molecule has 4 heterocycles. The van der Waals surface area contributed by atoms with Gasteiger partial charge in [0.2, 0.25) is 0 Å². The van der Waals surface area contributed by atoms with Crippen molar-refractivity contribution in [1.29, 1.82) is 5.41 Å². The van der Waals surface area contributed by atoms with Gasteiger partial charge in [-0.25, -0.2) is 9.78 Å². The van der Waals surface area contributed by atoms with Gasteiger partial charge < -0.3 is 24.5 Å². The van der Waals surface area contributed by atoms with E-state index in [0.29, 0.717) is 35.3 Å². The van der Waals surface area contributed by atoms with E-state index in [0.717, 1.165) is 61.3 Å². The number of nitrogens with zero attached hydrogens (tertiary/aromatic N) is 4. The molecule has 0 bridgehead atoms. The minimum Gasteiger partial charge on any atom is -0.487 e. The van der Waals surface area contributed by atoms with Crippen LogP contribution in [0.4, 0.5) is 5.69 Å². The van der Waals surface area contributed by atoms with E-state index in [2.05, 4.69) is 43.0 Å². The smallest absolute Gasteiger partial charge is 0.353 e. The van der Waals surface area contributed by atoms with Crippen molar-refractivity contribution >= 4 is 29.0 Å². The first-order valence-corrected chi connectivity index (χ1v) is 14.5. The Balaban J connectivity index is 1.26. The number of pyridine rings is 1. The van der Waals surface area contributed by atoms with Crippen LogP contribution in [0.25, 0.3) is 0 Å². The lowest BCUT2D eigenvalue weighted by Crippen LogP contribution is -2.31. The Hall–Kier alpha value is -3.95. The van der Waals surface area contributed by atoms with Crippen LogP contribution in [0.3, 0.4) is 0 Å². The molecule has 0 spiro atoms. The number of hydrogen-bond donors (Lipinski definition) is 2. The summed E-state index contributed by atoms with van der Waals surface area (Å²) in [6, 6.07) is 7.96. The molecule has 10 nitrogen and oxygen atoms in total. The molecular formula is C31H37N5O5. The summed E-state index contributed by atoms with van der Waals surface area (Å²) in [6.07, 6.45) is 4.12. The van der Waals surface area contributed by atoms with E-state index in [1.165, 1.54) is 0 Å². The molecule has 41 heavy (non-hydrogen) atoms. The summed E-state index contributed by atoms with van der Waals surface area (Å²) >= 11 is 0. The SMILES string of the molecule is CC(C)(C)c1cc(C(=O)CN2Cc3ccc(C4CC4)nc3C2=N)cc(N2CCCC2)c1OCC1CC(C(=O)O)=NO1. The van der Waals surface area contributed by atoms with E-state index in [4.69, 9.17) is 20.0 Å². The number of rotatable bonds is 9. The molecule has 1 saturated heterocycles. The molecule has 1 aromatic heterocycles. The van der Waals surface area contributed by atoms with Crippen molar-refractivity contribution in [3.05, 3.63) is 52.3 Å². The number of Topliss-reactive ketones (excluding diaryl/α,β-unsaturated/α-hetero) is 1. The second-order valence-electron chi connectivity index (χ2n) is 12.5. The number of carboxylic acid groups (broad SMARTS) is 1. The minimum absolute atomic E-state index is 0.0102. The molecule has 1 saturated carbocycles. The van der Waals surface area contributed by atoms with Gasteiger partial charge in [-0.1, -0.05) is 32.0 Å². The number of aromatic nitrogens is 1. The van der Waals surface area contributed by atoms with E-state index >= 15 is 0 Å². The van der Waals surface area contributed by atoms with Crippen LogP contribution in [0, 0.1) is 5.41 Å². The summed E-state index contributed by atoms with van der Waals surface area (Å²) in [5, 5.41) is 21.7. The predicted octanol–water partition coefficient (Wildman–Crippen LogP) is 4.49. The molecule has 0 amide bonds. The Morgan fingerprint density at radius 1 is 1.17 bits per heavy atom. The summed E-state index contributed by atoms with van der Waals surface area (Å²) in [6.45, 7) is 8.75. The van der Waals surface area contributed by atoms with Crippen molar-refractivity contribution in [3.63, 3.8) is 0 Å². The molecule has 2 aromatic rings. The van der Waals surface area contributed by atoms with Gasteiger partial charge in [-0.05, 0) is 49.3 Å². The Kier molecular flexibility index (Phi) is 6.95. The summed E-state index contributed by atoms with van der Waals surface area (Å²) in [7, 11) is 0. The largest absolute Gasteiger partial charge is 0.487 e. The molecule has 3 aliphatic heterocycles. The van der Waals surface area contributed by atoms with Gasteiger partial charge >= 0.3 is 5.97 Å². The van der Waals surface area contributed by atoms with E-state index < -0.39 is 12.1 Å². The minimum atomic E-state index is -1.09. The first-order chi connectivity index (χ1) is 19.6. The number of hydrogen-bond acceptors (Lipinski definition) is 8. The molecule has 2 N–H and O–H groups in total. The fraction of sp³-hybridized carbons (Fsp3) is 0.516. The van der Waals surface area contributed by atoms with Crippen LogP contribution < -0.4 is 9.64 Å². The second-order valence-corrected chi connectivity index (χ2v) is 12.5. The molecule has 1 aromatic carbocycles. The van der Waals surface area contributed by atoms with Crippen molar-refractivity contribution in [2.45, 2.75) is 76.9 Å². The lowest BCUT2D eigenvalue weighted by Gasteiger charge is -2.30. The maximum atomic E-state index is 13.8. The van der Waals surface area contributed by atoms with Crippen LogP contribution in [0.2, 0.25) is 0 Å². The van der Waals surface area contributed by atoms with Crippen molar-refractivity contribution in [2.24, 2.45) is 5.16 Å². The van der Waals surface area contributed by atoms with Gasteiger partial charge in [-0.15, -0.1) is 0 Å². The van der Waals surface area contributed by atoms with Gasteiger partial charge in [-0.3, -0.25) is 10.2 Å². The fourth-order valence-electron chi connectivity index (χ4n) is 5.77. The Labute approximate surface area is 239 Å². The van der Waals surface area contributed by atoms with Crippen LogP contribution in [0.5, 0.6) is 5.75 Å². The first-order valence-electron chi connectivity index (χ1n) is 14.5. The van der Waals surface area contributed by atoms with Crippen LogP contribution in [-0.2, 0) is 21.6 Å². The molecule has 216 valence electrons. The third-order valence-electron chi connectivity index (χ3n) is 8.27. The number of benzene rings is 1. The summed E-state index contributed by atoms with van der Waals surface area (Å²) in [4.78, 5) is 39.2. The number of carbonyl (C=O) groups excluding carboxylic acids is 1. The number of aliphatic carboxylic acids is 1. The normalized spacial score (nSPS) is 20.2. The van der Waals surface area contributed by atoms with Gasteiger partial charge in [0.1, 0.15) is 23.9 Å². The highest BCUT2D eigenvalue weighted by Crippen LogP contribution is 2.42. The number of fused-ring (bicyclic) bond motifs is 1. The van der Waals surface area contributed by atoms with Crippen molar-refractivity contribution in [1.82, 2.24) is 9.88 Å². The highest BCUT2D eigenvalue weighted by Gasteiger charge is 2.34. The zero-order valence-corrected chi connectivity index (χ0v) is 23.9. The average Bonchev–Trinajstić information content (AvgIpc) is 3.31. The first kappa shape index (κ1) is 27.2. The number of oxime groups is 1. The zero-order chi connectivity index (χ0) is 28.9. The number of ketones is 1. The predicted molar refractivity (Wildman–Crippen MR) is 154 cm³/mol. The standard InChI is InChI=1S/C31H37N5O5/c1-31(2,3)22-12-20(26(37)16-36-15-19-8-9-23(18-6-7-18)33-27(19)29(36)32)13-25(35-10-4-5-11-35)28(22)40-17-21-14-24(30(38)39)34-41-21/h8-9,12-13,18,21,32H,4-7,10-11,14-17H2,1-3H3,(H,38,39). The third kappa shape index (κ3) is 5.52. The lowest BCUT2D eigenvalue weighted by molar-refractivity contribution is -0.129. The van der Waals surface area contributed by atoms with Gasteiger partial charge in [0.05, 0.1) is 12.2 Å². The number of carbonyl (C=O) groups is 2. The van der Waals surface area contributed by atoms with Crippen molar-refractivity contribution in [2.75, 3.05) is 31.1 Å². The van der Waals surface area contributed by atoms with Crippen LogP contribution in [-0.4, -0.2) is 70.6 Å². The maximum Gasteiger partial charge on any atom is 0.353 e. The quantitative estimate of drug-likeness (QED) is 0.430. The molecule has 4 aliphatic rings. The molecule has 1 atom stereocenters. The molecule has 2 fully saturated rings. The second kappa shape index (κ2) is 10.5. The molecular weight excluding hydrogens is 522 g/mol. The van der Waals surface area contributed by atoms with E-state index in [1.807, 2.05) is 17.0 Å². The molecule has 1 aliphatic carbocycles. The highest BCUT2D eigenvalue weighted by molar-refractivity contribution is 6.35. The summed E-state index contributed by atoms with van der Waals surface area (Å²) in [5.74, 6) is 0.377. The van der Waals surface area contributed by atoms with E-state index in [9.17, 15) is 14.7 Å². The van der Waals surface area contributed by atoms with Crippen LogP contribution in [0.15, 0.2) is 29.4 Å². The Bertz CT molecular complexity index is 1440. The molecule has 10 heteroatoms. The van der Waals surface area contributed by atoms with E-state index in [-0.39, 0.29) is 36.5 Å². The Morgan fingerprint density at radius 3 is 2.59 bits per heavy atom. The summed E-state index contributed by atoms with van der Waals surface area (Å²) in [5.41, 5.74) is 4.76. The van der Waals surface area contributed by atoms with Gasteiger partial charge in [-0.2, -0.15) is 0 Å². The van der Waals surface area contributed by atoms with E-state index in [1.54, 1.807) is 0 Å². The molecule has 1 unspecified atom stereocenters. The topological polar surface area (TPSA) is 128 Å². The van der Waals surface area contributed by atoms with Gasteiger partial charge in [0.15, 0.2) is 17.6 Å². The number of amidine groups is 1. The third-order valence-corrected chi connectivity index (χ3v) is 8.27. The van der Waals surface area contributed by atoms with Crippen LogP contribution in [0.1, 0.15) is 91.7 Å². The number of carboxylic acids is 1. The van der Waals surface area contributed by atoms with Crippen molar-refractivity contribution in [3.8, 4) is 5.75 Å². The number of ether oxygens (including phenoxy) is 1. The van der Waals surface area contributed by atoms with Crippen molar-refractivity contribution < 1.29 is 24.3 Å². The number of anilines is 1. The van der Waals surface area contributed by atoms with Crippen LogP contribution >= 0.6 is 0 Å². The zero-order valence-electron chi connectivity index (χ0n) is 23.9. The number of nitrogens with one attached hydrogen (secondary N) is 1. The average molecular weight is 560 g/mol. The molecule has 0 radical (unpaired) electrons. The summed E-state index contributed by atoms with van der Waals surface area (Å²) < 4.78 is 6.39. The highest BCUT2D eigenvalue weighted by atomic mass is 16.7. The maximum absolute atomic E-state index is 13.8. The monoisotopic (exact) mass is 559 g/mol. The Morgan fingerprint density at radius 2 is 1.93 bits per heavy atom. The van der Waals surface area contributed by atoms with Gasteiger partial charge in [0, 0.05) is 54.4 Å². The lowest BCUT2D eigenvalue weighted by atomic mass is 9.84. The molecule has 6 rings (SSSR count). The fourth-order valence-corrected chi connectivity index (χ4v) is 5.77. The van der Waals surface area contributed by atoms with Gasteiger partial charge in [0.25, 0.3) is 0 Å².